The maximum atomic E-state index is 13.3. The Balaban J connectivity index is 1.34. The van der Waals surface area contributed by atoms with Crippen molar-refractivity contribution in [1.82, 2.24) is 19.0 Å². The Bertz CT molecular complexity index is 1690. The number of hydrogen-bond acceptors (Lipinski definition) is 8. The van der Waals surface area contributed by atoms with Gasteiger partial charge in [-0.1, -0.05) is 46.8 Å². The fourth-order valence-corrected chi connectivity index (χ4v) is 6.03. The first-order chi connectivity index (χ1) is 17.8. The highest BCUT2D eigenvalue weighted by molar-refractivity contribution is 7.89. The van der Waals surface area contributed by atoms with E-state index in [4.69, 9.17) is 9.26 Å². The molecule has 5 rings (SSSR count). The van der Waals surface area contributed by atoms with Gasteiger partial charge in [-0.15, -0.1) is 0 Å². The molecule has 0 saturated carbocycles. The third kappa shape index (κ3) is 5.19. The van der Waals surface area contributed by atoms with Crippen LogP contribution in [0.15, 0.2) is 87.0 Å². The first-order valence-corrected chi connectivity index (χ1v) is 13.8. The summed E-state index contributed by atoms with van der Waals surface area (Å²) in [5.74, 6) is 1.25. The lowest BCUT2D eigenvalue weighted by Crippen LogP contribution is -2.26. The summed E-state index contributed by atoms with van der Waals surface area (Å²) in [7, 11) is -2.43. The van der Waals surface area contributed by atoms with Crippen LogP contribution in [0.25, 0.3) is 21.6 Å². The number of ether oxygens (including phenoxy) is 1. The fraction of sp³-hybridized carbons (Fsp3) is 0.192. The normalized spacial score (nSPS) is 11.9. The Morgan fingerprint density at radius 3 is 2.54 bits per heavy atom. The molecule has 11 heteroatoms. The Labute approximate surface area is 217 Å². The minimum absolute atomic E-state index is 0.0851. The molecule has 0 bridgehead atoms. The molecule has 0 saturated heterocycles. The van der Waals surface area contributed by atoms with Gasteiger partial charge < -0.3 is 9.26 Å². The van der Waals surface area contributed by atoms with Crippen molar-refractivity contribution in [2.24, 2.45) is 0 Å². The van der Waals surface area contributed by atoms with Crippen molar-refractivity contribution in [3.05, 3.63) is 93.9 Å². The van der Waals surface area contributed by atoms with Crippen LogP contribution >= 0.6 is 11.3 Å². The van der Waals surface area contributed by atoms with E-state index in [-0.39, 0.29) is 22.2 Å². The van der Waals surface area contributed by atoms with Crippen molar-refractivity contribution in [1.29, 1.82) is 0 Å². The zero-order valence-electron chi connectivity index (χ0n) is 20.2. The molecule has 190 valence electrons. The van der Waals surface area contributed by atoms with Gasteiger partial charge in [0.1, 0.15) is 5.75 Å². The van der Waals surface area contributed by atoms with E-state index in [1.165, 1.54) is 19.2 Å². The predicted octanol–water partition coefficient (Wildman–Crippen LogP) is 4.38. The van der Waals surface area contributed by atoms with Crippen molar-refractivity contribution in [3.63, 3.8) is 0 Å². The molecule has 3 aromatic carbocycles. The highest BCUT2D eigenvalue weighted by Gasteiger charge is 2.24. The van der Waals surface area contributed by atoms with Crippen LogP contribution in [0.3, 0.4) is 0 Å². The van der Waals surface area contributed by atoms with E-state index in [2.05, 4.69) is 10.1 Å². The van der Waals surface area contributed by atoms with E-state index in [0.29, 0.717) is 29.2 Å². The van der Waals surface area contributed by atoms with Gasteiger partial charge in [-0.3, -0.25) is 9.36 Å². The van der Waals surface area contributed by atoms with Crippen LogP contribution in [0, 0.1) is 0 Å². The van der Waals surface area contributed by atoms with Crippen molar-refractivity contribution in [3.8, 4) is 17.1 Å². The number of rotatable bonds is 9. The van der Waals surface area contributed by atoms with Gasteiger partial charge in [-0.05, 0) is 55.0 Å². The molecule has 0 N–H and O–H groups in total. The first-order valence-electron chi connectivity index (χ1n) is 11.5. The molecule has 0 aliphatic carbocycles. The van der Waals surface area contributed by atoms with Gasteiger partial charge in [0.25, 0.3) is 0 Å². The van der Waals surface area contributed by atoms with Crippen LogP contribution in [0.1, 0.15) is 18.4 Å². The molecule has 9 nitrogen and oxygen atoms in total. The number of fused-ring (bicyclic) bond motifs is 1. The standard InChI is InChI=1S/C26H24N4O5S2/c1-3-34-20-11-9-19(10-12-20)25-27-24(35-28-25)17-29(2)37(32,33)21-13-14-22-23(15-21)36-26(31)30(22)16-18-7-5-4-6-8-18/h4-15H,3,16-17H2,1-2H3. The van der Waals surface area contributed by atoms with Gasteiger partial charge in [0.15, 0.2) is 0 Å². The van der Waals surface area contributed by atoms with Crippen LogP contribution in [0.4, 0.5) is 0 Å². The van der Waals surface area contributed by atoms with Crippen molar-refractivity contribution < 1.29 is 17.7 Å². The zero-order valence-corrected chi connectivity index (χ0v) is 21.8. The number of benzene rings is 3. The van der Waals surface area contributed by atoms with E-state index in [9.17, 15) is 13.2 Å². The summed E-state index contributed by atoms with van der Waals surface area (Å²) in [5, 5.41) is 3.97. The molecule has 0 atom stereocenters. The largest absolute Gasteiger partial charge is 0.494 e. The van der Waals surface area contributed by atoms with Crippen molar-refractivity contribution in [2.45, 2.75) is 24.9 Å². The molecule has 5 aromatic rings. The van der Waals surface area contributed by atoms with Crippen LogP contribution in [0.2, 0.25) is 0 Å². The molecule has 0 radical (unpaired) electrons. The fourth-order valence-electron chi connectivity index (χ4n) is 3.88. The molecule has 0 fully saturated rings. The topological polar surface area (TPSA) is 108 Å². The number of sulfonamides is 1. The molecule has 0 aliphatic rings. The van der Waals surface area contributed by atoms with Gasteiger partial charge >= 0.3 is 4.87 Å². The van der Waals surface area contributed by atoms with E-state index in [0.717, 1.165) is 32.5 Å². The number of hydrogen-bond donors (Lipinski definition) is 0. The van der Waals surface area contributed by atoms with Gasteiger partial charge in [-0.25, -0.2) is 8.42 Å². The number of nitrogens with zero attached hydrogens (tertiary/aromatic N) is 4. The van der Waals surface area contributed by atoms with E-state index in [1.54, 1.807) is 10.6 Å². The van der Waals surface area contributed by atoms with Crippen molar-refractivity contribution in [2.75, 3.05) is 13.7 Å². The average Bonchev–Trinajstić information content (AvgIpc) is 3.49. The second-order valence-corrected chi connectivity index (χ2v) is 11.3. The maximum absolute atomic E-state index is 13.3. The summed E-state index contributed by atoms with van der Waals surface area (Å²) in [5.41, 5.74) is 2.41. The molecule has 37 heavy (non-hydrogen) atoms. The Hall–Kier alpha value is -3.80. The number of aromatic nitrogens is 3. The summed E-state index contributed by atoms with van der Waals surface area (Å²) in [6, 6.07) is 21.6. The third-order valence-electron chi connectivity index (χ3n) is 5.78. The van der Waals surface area contributed by atoms with Crippen LogP contribution in [-0.4, -0.2) is 41.1 Å². The lowest BCUT2D eigenvalue weighted by molar-refractivity contribution is 0.336. The summed E-state index contributed by atoms with van der Waals surface area (Å²) < 4.78 is 40.7. The summed E-state index contributed by atoms with van der Waals surface area (Å²) >= 11 is 1.02. The third-order valence-corrected chi connectivity index (χ3v) is 8.52. The van der Waals surface area contributed by atoms with Crippen molar-refractivity contribution >= 4 is 31.6 Å². The smallest absolute Gasteiger partial charge is 0.308 e. The molecular formula is C26H24N4O5S2. The second kappa shape index (κ2) is 10.3. The van der Waals surface area contributed by atoms with Crippen LogP contribution in [-0.2, 0) is 23.1 Å². The molecule has 0 aliphatic heterocycles. The van der Waals surface area contributed by atoms with E-state index < -0.39 is 10.0 Å². The van der Waals surface area contributed by atoms with Gasteiger partial charge in [0, 0.05) is 12.6 Å². The minimum Gasteiger partial charge on any atom is -0.494 e. The predicted molar refractivity (Wildman–Crippen MR) is 141 cm³/mol. The summed E-state index contributed by atoms with van der Waals surface area (Å²) in [6.07, 6.45) is 0. The monoisotopic (exact) mass is 536 g/mol. The Kier molecular flexibility index (Phi) is 6.92. The second-order valence-electron chi connectivity index (χ2n) is 8.30. The minimum atomic E-state index is -3.87. The summed E-state index contributed by atoms with van der Waals surface area (Å²) in [6.45, 7) is 2.79. The highest BCUT2D eigenvalue weighted by atomic mass is 32.2. The van der Waals surface area contributed by atoms with Gasteiger partial charge in [0.05, 0.1) is 34.8 Å². The maximum Gasteiger partial charge on any atom is 0.308 e. The molecular weight excluding hydrogens is 512 g/mol. The highest BCUT2D eigenvalue weighted by Crippen LogP contribution is 2.25. The SMILES string of the molecule is CCOc1ccc(-c2noc(CN(C)S(=O)(=O)c3ccc4c(c3)sc(=O)n4Cc3ccccc3)n2)cc1. The Morgan fingerprint density at radius 2 is 1.81 bits per heavy atom. The van der Waals surface area contributed by atoms with E-state index >= 15 is 0 Å². The first kappa shape index (κ1) is 24.9. The van der Waals surface area contributed by atoms with E-state index in [1.807, 2.05) is 61.5 Å². The van der Waals surface area contributed by atoms with Gasteiger partial charge in [0.2, 0.25) is 21.7 Å². The van der Waals surface area contributed by atoms with Crippen LogP contribution in [0.5, 0.6) is 5.75 Å². The molecule has 0 amide bonds. The number of thiazole rings is 1. The van der Waals surface area contributed by atoms with Gasteiger partial charge in [-0.2, -0.15) is 9.29 Å². The lowest BCUT2D eigenvalue weighted by atomic mass is 10.2. The molecule has 0 spiro atoms. The molecule has 2 aromatic heterocycles. The quantitative estimate of drug-likeness (QED) is 0.275. The zero-order chi connectivity index (χ0) is 26.0. The van der Waals surface area contributed by atoms with Crippen LogP contribution < -0.4 is 9.61 Å². The summed E-state index contributed by atoms with van der Waals surface area (Å²) in [4.78, 5) is 16.9. The molecule has 0 unspecified atom stereocenters. The lowest BCUT2D eigenvalue weighted by Gasteiger charge is -2.15. The molecule has 2 heterocycles. The average molecular weight is 537 g/mol. The Morgan fingerprint density at radius 1 is 1.05 bits per heavy atom.